The van der Waals surface area contributed by atoms with Crippen LogP contribution in [-0.2, 0) is 0 Å². The molecular weight excluding hydrogens is 285 g/mol. The minimum absolute atomic E-state index is 0.00487. The van der Waals surface area contributed by atoms with E-state index in [0.717, 1.165) is 5.56 Å². The number of methoxy groups -OCH3 is 1. The average Bonchev–Trinajstić information content (AvgIpc) is 2.77. The topological polar surface area (TPSA) is 21.3 Å². The fourth-order valence-corrected chi connectivity index (χ4v) is 3.70. The number of nitrogens with one attached hydrogen (secondary N) is 1. The first-order chi connectivity index (χ1) is 9.92. The van der Waals surface area contributed by atoms with Crippen LogP contribution in [-0.4, -0.2) is 7.11 Å². The number of hydrogen-bond acceptors (Lipinski definition) is 3. The Kier molecular flexibility index (Phi) is 5.01. The minimum Gasteiger partial charge on any atom is -0.496 e. The lowest BCUT2D eigenvalue weighted by atomic mass is 10.0. The van der Waals surface area contributed by atoms with Crippen molar-refractivity contribution >= 4 is 11.3 Å². The summed E-state index contributed by atoms with van der Waals surface area (Å²) in [4.78, 5) is 2.64. The second kappa shape index (κ2) is 6.58. The van der Waals surface area contributed by atoms with Crippen LogP contribution in [0.5, 0.6) is 5.75 Å². The van der Waals surface area contributed by atoms with Gasteiger partial charge in [0.25, 0.3) is 0 Å². The van der Waals surface area contributed by atoms with E-state index in [4.69, 9.17) is 4.74 Å². The van der Waals surface area contributed by atoms with Gasteiger partial charge in [0.15, 0.2) is 0 Å². The molecule has 0 saturated carbocycles. The number of benzene rings is 1. The van der Waals surface area contributed by atoms with E-state index in [2.05, 4.69) is 32.2 Å². The van der Waals surface area contributed by atoms with Crippen molar-refractivity contribution < 1.29 is 9.13 Å². The van der Waals surface area contributed by atoms with Crippen LogP contribution in [0.2, 0.25) is 0 Å². The summed E-state index contributed by atoms with van der Waals surface area (Å²) in [5.41, 5.74) is 2.15. The Morgan fingerprint density at radius 3 is 2.33 bits per heavy atom. The van der Waals surface area contributed by atoms with Crippen molar-refractivity contribution in [2.75, 3.05) is 7.11 Å². The fourth-order valence-electron chi connectivity index (χ4n) is 2.68. The summed E-state index contributed by atoms with van der Waals surface area (Å²) in [7, 11) is 1.61. The predicted molar refractivity (Wildman–Crippen MR) is 86.7 cm³/mol. The maximum atomic E-state index is 13.5. The predicted octanol–water partition coefficient (Wildman–Crippen LogP) is 4.92. The molecule has 2 unspecified atom stereocenters. The zero-order valence-corrected chi connectivity index (χ0v) is 14.0. The van der Waals surface area contributed by atoms with Gasteiger partial charge in [-0.05, 0) is 57.5 Å². The van der Waals surface area contributed by atoms with E-state index in [1.807, 2.05) is 6.92 Å². The highest BCUT2D eigenvalue weighted by atomic mass is 32.1. The summed E-state index contributed by atoms with van der Waals surface area (Å²) in [5.74, 6) is 0.469. The molecule has 0 saturated heterocycles. The van der Waals surface area contributed by atoms with Gasteiger partial charge in [0, 0.05) is 27.4 Å². The molecule has 0 aliphatic heterocycles. The lowest BCUT2D eigenvalue weighted by Crippen LogP contribution is -2.23. The maximum Gasteiger partial charge on any atom is 0.123 e. The smallest absolute Gasteiger partial charge is 0.123 e. The van der Waals surface area contributed by atoms with Crippen LogP contribution >= 0.6 is 11.3 Å². The van der Waals surface area contributed by atoms with E-state index in [9.17, 15) is 4.39 Å². The molecular formula is C17H22FNOS. The molecule has 0 amide bonds. The molecule has 1 aromatic heterocycles. The molecule has 4 heteroatoms. The largest absolute Gasteiger partial charge is 0.496 e. The van der Waals surface area contributed by atoms with Crippen LogP contribution in [0.1, 0.15) is 46.8 Å². The first-order valence-electron chi connectivity index (χ1n) is 7.08. The molecule has 2 atom stereocenters. The third-order valence-corrected chi connectivity index (χ3v) is 4.69. The van der Waals surface area contributed by atoms with Crippen molar-refractivity contribution in [2.24, 2.45) is 0 Å². The van der Waals surface area contributed by atoms with Crippen molar-refractivity contribution in [1.29, 1.82) is 0 Å². The van der Waals surface area contributed by atoms with E-state index in [1.54, 1.807) is 24.5 Å². The number of ether oxygens (including phenoxy) is 1. The van der Waals surface area contributed by atoms with Crippen molar-refractivity contribution in [3.05, 3.63) is 51.0 Å². The minimum atomic E-state index is -0.241. The number of halogens is 1. The highest BCUT2D eigenvalue weighted by Gasteiger charge is 2.17. The highest BCUT2D eigenvalue weighted by molar-refractivity contribution is 7.12. The number of hydrogen-bond donors (Lipinski definition) is 1. The number of thiophene rings is 1. The monoisotopic (exact) mass is 307 g/mol. The van der Waals surface area contributed by atoms with Crippen molar-refractivity contribution in [3.8, 4) is 5.75 Å². The summed E-state index contributed by atoms with van der Waals surface area (Å²) in [5, 5.41) is 3.53. The molecule has 2 aromatic rings. The van der Waals surface area contributed by atoms with Crippen LogP contribution in [0.3, 0.4) is 0 Å². The molecule has 0 aliphatic rings. The summed E-state index contributed by atoms with van der Waals surface area (Å²) in [6.45, 7) is 8.42. The van der Waals surface area contributed by atoms with E-state index < -0.39 is 0 Å². The van der Waals surface area contributed by atoms with Gasteiger partial charge in [0.1, 0.15) is 11.6 Å². The van der Waals surface area contributed by atoms with Crippen molar-refractivity contribution in [1.82, 2.24) is 5.32 Å². The summed E-state index contributed by atoms with van der Waals surface area (Å²) in [6.07, 6.45) is 0. The van der Waals surface area contributed by atoms with E-state index >= 15 is 0 Å². The molecule has 1 aromatic carbocycles. The molecule has 2 nitrogen and oxygen atoms in total. The Bertz CT molecular complexity index is 623. The Labute approximate surface area is 130 Å². The fraction of sp³-hybridized carbons (Fsp3) is 0.412. The van der Waals surface area contributed by atoms with Crippen LogP contribution in [0.25, 0.3) is 0 Å². The highest BCUT2D eigenvalue weighted by Crippen LogP contribution is 2.31. The quantitative estimate of drug-likeness (QED) is 0.846. The second-order valence-electron chi connectivity index (χ2n) is 5.36. The zero-order valence-electron chi connectivity index (χ0n) is 13.2. The zero-order chi connectivity index (χ0) is 15.6. The molecule has 0 spiro atoms. The first kappa shape index (κ1) is 16.0. The molecule has 0 fully saturated rings. The number of rotatable bonds is 5. The third kappa shape index (κ3) is 3.63. The Morgan fingerprint density at radius 2 is 1.76 bits per heavy atom. The van der Waals surface area contributed by atoms with Crippen LogP contribution in [0.4, 0.5) is 4.39 Å². The van der Waals surface area contributed by atoms with Crippen LogP contribution < -0.4 is 10.1 Å². The molecule has 1 N–H and O–H groups in total. The van der Waals surface area contributed by atoms with Crippen molar-refractivity contribution in [2.45, 2.75) is 39.8 Å². The summed E-state index contributed by atoms with van der Waals surface area (Å²) >= 11 is 1.81. The summed E-state index contributed by atoms with van der Waals surface area (Å²) < 4.78 is 18.8. The van der Waals surface area contributed by atoms with E-state index in [1.165, 1.54) is 27.5 Å². The third-order valence-electron chi connectivity index (χ3n) is 3.70. The molecule has 114 valence electrons. The Morgan fingerprint density at radius 1 is 1.10 bits per heavy atom. The van der Waals surface area contributed by atoms with Gasteiger partial charge in [-0.2, -0.15) is 0 Å². The Hall–Kier alpha value is -1.39. The van der Waals surface area contributed by atoms with Crippen LogP contribution in [0.15, 0.2) is 24.3 Å². The standard InChI is InChI=1S/C17H22FNOS/c1-10-8-15(13(4)21-10)11(2)19-12(3)16-9-14(18)6-7-17(16)20-5/h6-9,11-12,19H,1-5H3. The van der Waals surface area contributed by atoms with Crippen molar-refractivity contribution in [3.63, 3.8) is 0 Å². The van der Waals surface area contributed by atoms with Gasteiger partial charge in [-0.1, -0.05) is 0 Å². The molecule has 21 heavy (non-hydrogen) atoms. The van der Waals surface area contributed by atoms with Gasteiger partial charge >= 0.3 is 0 Å². The lowest BCUT2D eigenvalue weighted by Gasteiger charge is -2.22. The molecule has 1 heterocycles. The Balaban J connectivity index is 2.19. The molecule has 0 radical (unpaired) electrons. The lowest BCUT2D eigenvalue weighted by molar-refractivity contribution is 0.394. The summed E-state index contributed by atoms with van der Waals surface area (Å²) in [6, 6.07) is 7.06. The maximum absolute atomic E-state index is 13.5. The SMILES string of the molecule is COc1ccc(F)cc1C(C)NC(C)c1cc(C)sc1C. The number of aryl methyl sites for hydroxylation is 2. The molecule has 0 bridgehead atoms. The van der Waals surface area contributed by atoms with Gasteiger partial charge in [-0.15, -0.1) is 11.3 Å². The van der Waals surface area contributed by atoms with Crippen LogP contribution in [0, 0.1) is 19.7 Å². The first-order valence-corrected chi connectivity index (χ1v) is 7.90. The second-order valence-corrected chi connectivity index (χ2v) is 6.83. The van der Waals surface area contributed by atoms with E-state index in [-0.39, 0.29) is 17.9 Å². The van der Waals surface area contributed by atoms with Gasteiger partial charge in [0.05, 0.1) is 7.11 Å². The van der Waals surface area contributed by atoms with E-state index in [0.29, 0.717) is 5.75 Å². The molecule has 2 rings (SSSR count). The van der Waals surface area contributed by atoms with Gasteiger partial charge < -0.3 is 10.1 Å². The molecule has 0 aliphatic carbocycles. The average molecular weight is 307 g/mol. The normalized spacial score (nSPS) is 14.0. The van der Waals surface area contributed by atoms with Gasteiger partial charge in [0.2, 0.25) is 0 Å². The van der Waals surface area contributed by atoms with Gasteiger partial charge in [-0.25, -0.2) is 4.39 Å². The van der Waals surface area contributed by atoms with Gasteiger partial charge in [-0.3, -0.25) is 0 Å².